The Balaban J connectivity index is 1.69. The first-order valence-corrected chi connectivity index (χ1v) is 6.72. The number of nitrogens with two attached hydrogens (primary N) is 1. The van der Waals surface area contributed by atoms with E-state index in [2.05, 4.69) is 27.4 Å². The summed E-state index contributed by atoms with van der Waals surface area (Å²) in [5.41, 5.74) is 9.77. The van der Waals surface area contributed by atoms with Gasteiger partial charge in [0.15, 0.2) is 0 Å². The van der Waals surface area contributed by atoms with Crippen LogP contribution in [0.5, 0.6) is 0 Å². The molecule has 0 radical (unpaired) electrons. The smallest absolute Gasteiger partial charge is 0.132 e. The Morgan fingerprint density at radius 3 is 2.84 bits per heavy atom. The zero-order valence-corrected chi connectivity index (χ0v) is 10.8. The number of anilines is 1. The second kappa shape index (κ2) is 5.36. The number of fused-ring (bicyclic) bond motifs is 1. The molecule has 98 valence electrons. The zero-order valence-electron chi connectivity index (χ0n) is 10.8. The molecule has 1 atom stereocenters. The monoisotopic (exact) mass is 254 g/mol. The first kappa shape index (κ1) is 12.1. The number of aromatic nitrogens is 2. The van der Waals surface area contributed by atoms with Crippen LogP contribution in [0.2, 0.25) is 0 Å². The van der Waals surface area contributed by atoms with Crippen LogP contribution in [0.25, 0.3) is 0 Å². The molecule has 1 aliphatic carbocycles. The van der Waals surface area contributed by atoms with Crippen molar-refractivity contribution in [2.45, 2.75) is 25.3 Å². The van der Waals surface area contributed by atoms with Gasteiger partial charge in [0.25, 0.3) is 0 Å². The molecule has 0 amide bonds. The first-order chi connectivity index (χ1) is 9.34. The molecule has 4 nitrogen and oxygen atoms in total. The van der Waals surface area contributed by atoms with Crippen LogP contribution in [-0.2, 0) is 12.8 Å². The standard InChI is InChI=1S/C15H18N4/c16-13(11-5-2-1-3-6-11)9-17-15-12-7-4-8-14(12)18-10-19-15/h1-3,5-6,10,13H,4,7-9,16H2,(H,17,18,19). The van der Waals surface area contributed by atoms with Gasteiger partial charge >= 0.3 is 0 Å². The summed E-state index contributed by atoms with van der Waals surface area (Å²) in [6, 6.07) is 10.1. The summed E-state index contributed by atoms with van der Waals surface area (Å²) in [5.74, 6) is 0.953. The van der Waals surface area contributed by atoms with Crippen LogP contribution in [-0.4, -0.2) is 16.5 Å². The number of nitrogens with zero attached hydrogens (tertiary/aromatic N) is 2. The van der Waals surface area contributed by atoms with Crippen LogP contribution in [0.1, 0.15) is 29.3 Å². The fourth-order valence-electron chi connectivity index (χ4n) is 2.54. The van der Waals surface area contributed by atoms with Gasteiger partial charge in [0, 0.05) is 23.8 Å². The van der Waals surface area contributed by atoms with Crippen LogP contribution in [0.15, 0.2) is 36.7 Å². The van der Waals surface area contributed by atoms with Gasteiger partial charge in [-0.25, -0.2) is 9.97 Å². The normalized spacial score (nSPS) is 15.0. The van der Waals surface area contributed by atoms with E-state index in [0.717, 1.165) is 24.2 Å². The third-order valence-corrected chi connectivity index (χ3v) is 3.59. The summed E-state index contributed by atoms with van der Waals surface area (Å²) in [5, 5.41) is 3.37. The molecule has 1 heterocycles. The van der Waals surface area contributed by atoms with Gasteiger partial charge < -0.3 is 11.1 Å². The molecule has 0 bridgehead atoms. The molecule has 0 fully saturated rings. The Labute approximate surface area is 113 Å². The van der Waals surface area contributed by atoms with E-state index in [-0.39, 0.29) is 6.04 Å². The van der Waals surface area contributed by atoms with Crippen molar-refractivity contribution >= 4 is 5.82 Å². The number of aryl methyl sites for hydroxylation is 1. The van der Waals surface area contributed by atoms with Gasteiger partial charge in [-0.2, -0.15) is 0 Å². The Bertz CT molecular complexity index is 553. The van der Waals surface area contributed by atoms with Crippen molar-refractivity contribution in [2.75, 3.05) is 11.9 Å². The van der Waals surface area contributed by atoms with Crippen molar-refractivity contribution in [1.82, 2.24) is 9.97 Å². The van der Waals surface area contributed by atoms with E-state index in [1.165, 1.54) is 17.7 Å². The van der Waals surface area contributed by atoms with Crippen molar-refractivity contribution < 1.29 is 0 Å². The molecule has 3 rings (SSSR count). The first-order valence-electron chi connectivity index (χ1n) is 6.72. The Morgan fingerprint density at radius 1 is 1.16 bits per heavy atom. The summed E-state index contributed by atoms with van der Waals surface area (Å²) < 4.78 is 0. The third-order valence-electron chi connectivity index (χ3n) is 3.59. The van der Waals surface area contributed by atoms with Crippen LogP contribution >= 0.6 is 0 Å². The summed E-state index contributed by atoms with van der Waals surface area (Å²) in [6.45, 7) is 0.688. The maximum Gasteiger partial charge on any atom is 0.132 e. The molecule has 19 heavy (non-hydrogen) atoms. The second-order valence-corrected chi connectivity index (χ2v) is 4.90. The topological polar surface area (TPSA) is 63.8 Å². The van der Waals surface area contributed by atoms with E-state index in [4.69, 9.17) is 5.73 Å². The maximum atomic E-state index is 6.18. The molecule has 0 spiro atoms. The van der Waals surface area contributed by atoms with Gasteiger partial charge in [0.2, 0.25) is 0 Å². The number of hydrogen-bond acceptors (Lipinski definition) is 4. The van der Waals surface area contributed by atoms with Gasteiger partial charge in [-0.15, -0.1) is 0 Å². The largest absolute Gasteiger partial charge is 0.368 e. The van der Waals surface area contributed by atoms with Gasteiger partial charge in [-0.05, 0) is 24.8 Å². The molecular formula is C15H18N4. The van der Waals surface area contributed by atoms with E-state index in [1.807, 2.05) is 18.2 Å². The highest BCUT2D eigenvalue weighted by Gasteiger charge is 2.17. The Hall–Kier alpha value is -1.94. The molecule has 4 heteroatoms. The van der Waals surface area contributed by atoms with E-state index in [0.29, 0.717) is 6.54 Å². The van der Waals surface area contributed by atoms with Gasteiger partial charge in [0.1, 0.15) is 12.1 Å². The molecule has 0 aliphatic heterocycles. The highest BCUT2D eigenvalue weighted by molar-refractivity contribution is 5.48. The van der Waals surface area contributed by atoms with Crippen molar-refractivity contribution in [3.8, 4) is 0 Å². The minimum absolute atomic E-state index is 0.0202. The fraction of sp³-hybridized carbons (Fsp3) is 0.333. The average molecular weight is 254 g/mol. The lowest BCUT2D eigenvalue weighted by Gasteiger charge is -2.15. The number of hydrogen-bond donors (Lipinski definition) is 2. The van der Waals surface area contributed by atoms with E-state index in [1.54, 1.807) is 6.33 Å². The van der Waals surface area contributed by atoms with E-state index < -0.39 is 0 Å². The number of rotatable bonds is 4. The van der Waals surface area contributed by atoms with E-state index >= 15 is 0 Å². The second-order valence-electron chi connectivity index (χ2n) is 4.90. The predicted molar refractivity (Wildman–Crippen MR) is 75.9 cm³/mol. The van der Waals surface area contributed by atoms with Crippen molar-refractivity contribution in [3.63, 3.8) is 0 Å². The highest BCUT2D eigenvalue weighted by Crippen LogP contribution is 2.25. The lowest BCUT2D eigenvalue weighted by molar-refractivity contribution is 0.760. The average Bonchev–Trinajstić information content (AvgIpc) is 2.94. The van der Waals surface area contributed by atoms with Gasteiger partial charge in [0.05, 0.1) is 0 Å². The lowest BCUT2D eigenvalue weighted by Crippen LogP contribution is -2.21. The molecule has 1 aromatic heterocycles. The predicted octanol–water partition coefficient (Wildman–Crippen LogP) is 2.08. The zero-order chi connectivity index (χ0) is 13.1. The molecule has 1 aromatic carbocycles. The summed E-state index contributed by atoms with van der Waals surface area (Å²) in [6.07, 6.45) is 4.95. The molecule has 1 unspecified atom stereocenters. The quantitative estimate of drug-likeness (QED) is 0.876. The molecule has 1 aliphatic rings. The minimum atomic E-state index is -0.0202. The number of nitrogens with one attached hydrogen (secondary N) is 1. The van der Waals surface area contributed by atoms with Crippen LogP contribution in [0.4, 0.5) is 5.82 Å². The molecular weight excluding hydrogens is 236 g/mol. The number of benzene rings is 1. The van der Waals surface area contributed by atoms with Crippen LogP contribution in [0, 0.1) is 0 Å². The Kier molecular flexibility index (Phi) is 3.42. The highest BCUT2D eigenvalue weighted by atomic mass is 15.0. The Morgan fingerprint density at radius 2 is 2.00 bits per heavy atom. The summed E-state index contributed by atoms with van der Waals surface area (Å²) >= 11 is 0. The summed E-state index contributed by atoms with van der Waals surface area (Å²) in [7, 11) is 0. The molecule has 2 aromatic rings. The molecule has 3 N–H and O–H groups in total. The van der Waals surface area contributed by atoms with E-state index in [9.17, 15) is 0 Å². The van der Waals surface area contributed by atoms with Crippen LogP contribution in [0.3, 0.4) is 0 Å². The maximum absolute atomic E-state index is 6.18. The third kappa shape index (κ3) is 2.58. The minimum Gasteiger partial charge on any atom is -0.368 e. The fourth-order valence-corrected chi connectivity index (χ4v) is 2.54. The molecule has 0 saturated heterocycles. The van der Waals surface area contributed by atoms with Gasteiger partial charge in [-0.1, -0.05) is 30.3 Å². The van der Waals surface area contributed by atoms with Gasteiger partial charge in [-0.3, -0.25) is 0 Å². The SMILES string of the molecule is NC(CNc1ncnc2c1CCC2)c1ccccc1. The van der Waals surface area contributed by atoms with Crippen LogP contribution < -0.4 is 11.1 Å². The molecule has 0 saturated carbocycles. The van der Waals surface area contributed by atoms with Crippen molar-refractivity contribution in [1.29, 1.82) is 0 Å². The lowest BCUT2D eigenvalue weighted by atomic mass is 10.1. The summed E-state index contributed by atoms with van der Waals surface area (Å²) in [4.78, 5) is 8.66. The van der Waals surface area contributed by atoms with Crippen molar-refractivity contribution in [2.24, 2.45) is 5.73 Å². The van der Waals surface area contributed by atoms with Crippen molar-refractivity contribution in [3.05, 3.63) is 53.5 Å².